The Morgan fingerprint density at radius 3 is 2.63 bits per heavy atom. The second-order valence-electron chi connectivity index (χ2n) is 5.14. The van der Waals surface area contributed by atoms with Crippen LogP contribution in [0.5, 0.6) is 5.75 Å². The van der Waals surface area contributed by atoms with Crippen LogP contribution in [0, 0.1) is 0 Å². The number of rotatable bonds is 4. The third kappa shape index (κ3) is 3.30. The van der Waals surface area contributed by atoms with Crippen LogP contribution in [0.1, 0.15) is 5.82 Å². The van der Waals surface area contributed by atoms with Gasteiger partial charge in [0.25, 0.3) is 16.9 Å². The van der Waals surface area contributed by atoms with E-state index in [2.05, 4.69) is 25.5 Å². The molecule has 0 saturated heterocycles. The fourth-order valence-electron chi connectivity index (χ4n) is 2.27. The lowest BCUT2D eigenvalue weighted by atomic mass is 10.2. The standard InChI is InChI=1S/C15H9F3N6O2S/c1-25-9-5-3-2-4-8(9)12-20-22-14(26-12)27-11-7-6-10-19-21-13(15(16,17)18)24(10)23-11/h2-7H,1H3. The molecule has 1 aromatic carbocycles. The molecule has 0 N–H and O–H groups in total. The quantitative estimate of drug-likeness (QED) is 0.520. The number of hydrogen-bond donors (Lipinski definition) is 0. The molecule has 3 aromatic heterocycles. The fraction of sp³-hybridized carbons (Fsp3) is 0.133. The minimum Gasteiger partial charge on any atom is -0.496 e. The first kappa shape index (κ1) is 17.3. The smallest absolute Gasteiger partial charge is 0.453 e. The Morgan fingerprint density at radius 1 is 1.04 bits per heavy atom. The minimum atomic E-state index is -4.67. The molecule has 0 amide bonds. The van der Waals surface area contributed by atoms with Crippen molar-refractivity contribution in [1.82, 2.24) is 30.0 Å². The number of fused-ring (bicyclic) bond motifs is 1. The lowest BCUT2D eigenvalue weighted by Gasteiger charge is -2.04. The van der Waals surface area contributed by atoms with Crippen molar-refractivity contribution in [3.63, 3.8) is 0 Å². The zero-order valence-corrected chi connectivity index (χ0v) is 14.3. The molecule has 138 valence electrons. The summed E-state index contributed by atoms with van der Waals surface area (Å²) in [5, 5.41) is 18.6. The van der Waals surface area contributed by atoms with E-state index < -0.39 is 12.0 Å². The summed E-state index contributed by atoms with van der Waals surface area (Å²) in [5.41, 5.74) is 0.577. The molecular formula is C15H9F3N6O2S. The summed E-state index contributed by atoms with van der Waals surface area (Å²) < 4.78 is 50.3. The average Bonchev–Trinajstić information content (AvgIpc) is 3.28. The van der Waals surface area contributed by atoms with Crippen molar-refractivity contribution in [1.29, 1.82) is 0 Å². The van der Waals surface area contributed by atoms with Crippen LogP contribution < -0.4 is 4.74 Å². The van der Waals surface area contributed by atoms with E-state index in [4.69, 9.17) is 9.15 Å². The molecule has 0 bridgehead atoms. The third-order valence-electron chi connectivity index (χ3n) is 3.43. The van der Waals surface area contributed by atoms with Crippen LogP contribution in [0.4, 0.5) is 13.2 Å². The maximum Gasteiger partial charge on any atom is 0.453 e. The van der Waals surface area contributed by atoms with E-state index in [9.17, 15) is 13.2 Å². The van der Waals surface area contributed by atoms with Crippen molar-refractivity contribution in [3.05, 3.63) is 42.2 Å². The lowest BCUT2D eigenvalue weighted by molar-refractivity contribution is -0.146. The number of benzene rings is 1. The van der Waals surface area contributed by atoms with Crippen LogP contribution in [0.3, 0.4) is 0 Å². The number of halogens is 3. The fourth-order valence-corrected chi connectivity index (χ4v) is 2.91. The number of para-hydroxylation sites is 1. The van der Waals surface area contributed by atoms with E-state index in [1.807, 2.05) is 0 Å². The van der Waals surface area contributed by atoms with Crippen LogP contribution in [0.2, 0.25) is 0 Å². The van der Waals surface area contributed by atoms with Gasteiger partial charge in [-0.05, 0) is 36.0 Å². The molecule has 27 heavy (non-hydrogen) atoms. The number of methoxy groups -OCH3 is 1. The highest BCUT2D eigenvalue weighted by Gasteiger charge is 2.37. The Hall–Kier alpha value is -3.15. The average molecular weight is 394 g/mol. The lowest BCUT2D eigenvalue weighted by Crippen LogP contribution is -2.12. The summed E-state index contributed by atoms with van der Waals surface area (Å²) in [6, 6.07) is 9.93. The first-order valence-corrected chi connectivity index (χ1v) is 8.22. The van der Waals surface area contributed by atoms with Gasteiger partial charge in [-0.1, -0.05) is 12.1 Å². The highest BCUT2D eigenvalue weighted by molar-refractivity contribution is 7.99. The summed E-state index contributed by atoms with van der Waals surface area (Å²) in [6.45, 7) is 0. The summed E-state index contributed by atoms with van der Waals surface area (Å²) in [7, 11) is 1.52. The Bertz CT molecular complexity index is 1110. The van der Waals surface area contributed by atoms with Gasteiger partial charge in [0.1, 0.15) is 10.8 Å². The Kier molecular flexibility index (Phi) is 4.18. The number of ether oxygens (including phenoxy) is 1. The van der Waals surface area contributed by atoms with Crippen molar-refractivity contribution in [2.75, 3.05) is 7.11 Å². The van der Waals surface area contributed by atoms with Gasteiger partial charge in [-0.2, -0.15) is 22.8 Å². The van der Waals surface area contributed by atoms with E-state index in [1.54, 1.807) is 24.3 Å². The maximum atomic E-state index is 12.9. The van der Waals surface area contributed by atoms with Gasteiger partial charge in [-0.25, -0.2) is 0 Å². The van der Waals surface area contributed by atoms with Crippen LogP contribution >= 0.6 is 11.8 Å². The Morgan fingerprint density at radius 2 is 1.85 bits per heavy atom. The van der Waals surface area contributed by atoms with Crippen molar-refractivity contribution < 1.29 is 22.3 Å². The highest BCUT2D eigenvalue weighted by Crippen LogP contribution is 2.33. The number of nitrogens with zero attached hydrogens (tertiary/aromatic N) is 6. The zero-order valence-electron chi connectivity index (χ0n) is 13.5. The molecule has 3 heterocycles. The predicted octanol–water partition coefficient (Wildman–Crippen LogP) is 3.35. The molecule has 0 saturated carbocycles. The van der Waals surface area contributed by atoms with Crippen LogP contribution in [-0.2, 0) is 6.18 Å². The molecule has 4 rings (SSSR count). The molecule has 0 aliphatic rings. The normalized spacial score (nSPS) is 11.9. The van der Waals surface area contributed by atoms with Gasteiger partial charge in [0.2, 0.25) is 0 Å². The molecule has 0 fully saturated rings. The molecule has 0 unspecified atom stereocenters. The van der Waals surface area contributed by atoms with Gasteiger partial charge in [0.05, 0.1) is 12.7 Å². The van der Waals surface area contributed by atoms with E-state index in [-0.39, 0.29) is 21.8 Å². The van der Waals surface area contributed by atoms with Gasteiger partial charge >= 0.3 is 6.18 Å². The van der Waals surface area contributed by atoms with Crippen molar-refractivity contribution in [3.8, 4) is 17.2 Å². The Labute approximate surface area is 153 Å². The number of alkyl halides is 3. The predicted molar refractivity (Wildman–Crippen MR) is 86.2 cm³/mol. The van der Waals surface area contributed by atoms with Gasteiger partial charge in [-0.15, -0.1) is 20.4 Å². The van der Waals surface area contributed by atoms with E-state index in [0.29, 0.717) is 15.8 Å². The molecule has 0 aliphatic heterocycles. The van der Waals surface area contributed by atoms with Crippen LogP contribution in [0.25, 0.3) is 17.1 Å². The monoisotopic (exact) mass is 394 g/mol. The maximum absolute atomic E-state index is 12.9. The second kappa shape index (κ2) is 6.54. The number of aromatic nitrogens is 6. The molecular weight excluding hydrogens is 385 g/mol. The van der Waals surface area contributed by atoms with E-state index in [0.717, 1.165) is 11.8 Å². The highest BCUT2D eigenvalue weighted by atomic mass is 32.2. The SMILES string of the molecule is COc1ccccc1-c1nnc(Sc2ccc3nnc(C(F)(F)F)n3n2)o1. The summed E-state index contributed by atoms with van der Waals surface area (Å²) in [4.78, 5) is 0. The van der Waals surface area contributed by atoms with E-state index >= 15 is 0 Å². The number of hydrogen-bond acceptors (Lipinski definition) is 8. The van der Waals surface area contributed by atoms with E-state index in [1.165, 1.54) is 19.2 Å². The molecule has 0 aliphatic carbocycles. The molecule has 0 spiro atoms. The van der Waals surface area contributed by atoms with Gasteiger partial charge < -0.3 is 9.15 Å². The second-order valence-corrected chi connectivity index (χ2v) is 6.11. The Balaban J connectivity index is 1.64. The van der Waals surface area contributed by atoms with Crippen LogP contribution in [0.15, 0.2) is 51.1 Å². The third-order valence-corrected chi connectivity index (χ3v) is 4.19. The summed E-state index contributed by atoms with van der Waals surface area (Å²) in [6.07, 6.45) is -4.67. The van der Waals surface area contributed by atoms with Crippen molar-refractivity contribution >= 4 is 17.4 Å². The molecule has 0 radical (unpaired) electrons. The molecule has 12 heteroatoms. The molecule has 8 nitrogen and oxygen atoms in total. The van der Waals surface area contributed by atoms with Crippen molar-refractivity contribution in [2.45, 2.75) is 16.4 Å². The largest absolute Gasteiger partial charge is 0.496 e. The first-order valence-electron chi connectivity index (χ1n) is 7.40. The summed E-state index contributed by atoms with van der Waals surface area (Å²) in [5.74, 6) is -0.437. The summed E-state index contributed by atoms with van der Waals surface area (Å²) >= 11 is 0.918. The van der Waals surface area contributed by atoms with Gasteiger partial charge in [0.15, 0.2) is 5.65 Å². The first-order chi connectivity index (χ1) is 13.0. The zero-order chi connectivity index (χ0) is 19.0. The van der Waals surface area contributed by atoms with Crippen LogP contribution in [-0.4, -0.2) is 37.1 Å². The minimum absolute atomic E-state index is 0.0214. The molecule has 0 atom stereocenters. The van der Waals surface area contributed by atoms with Crippen molar-refractivity contribution in [2.24, 2.45) is 0 Å². The van der Waals surface area contributed by atoms with Gasteiger partial charge in [0, 0.05) is 0 Å². The molecule has 4 aromatic rings. The van der Waals surface area contributed by atoms with Gasteiger partial charge in [-0.3, -0.25) is 0 Å². The topological polar surface area (TPSA) is 91.2 Å².